The van der Waals surface area contributed by atoms with Gasteiger partial charge in [-0.1, -0.05) is 36.4 Å². The molecule has 0 aromatic heterocycles. The molecule has 0 spiro atoms. The van der Waals surface area contributed by atoms with Gasteiger partial charge in [0, 0.05) is 25.7 Å². The smallest absolute Gasteiger partial charge is 0.265 e. The lowest BCUT2D eigenvalue weighted by Crippen LogP contribution is -2.44. The first-order chi connectivity index (χ1) is 13.6. The lowest BCUT2D eigenvalue weighted by molar-refractivity contribution is -0.122. The molecule has 2 heterocycles. The molecule has 2 aromatic rings. The van der Waals surface area contributed by atoms with E-state index in [1.165, 1.54) is 5.56 Å². The number of likely N-dealkylation sites (tertiary alicyclic amines) is 1. The number of carbonyl (C=O) groups excluding carboxylic acids is 2. The third-order valence-electron chi connectivity index (χ3n) is 5.35. The summed E-state index contributed by atoms with van der Waals surface area (Å²) in [4.78, 5) is 27.0. The number of ether oxygens (including phenoxy) is 1. The van der Waals surface area contributed by atoms with Crippen LogP contribution in [0.1, 0.15) is 35.7 Å². The van der Waals surface area contributed by atoms with Crippen LogP contribution in [0, 0.1) is 0 Å². The van der Waals surface area contributed by atoms with Crippen LogP contribution >= 0.6 is 0 Å². The van der Waals surface area contributed by atoms with Crippen molar-refractivity contribution in [2.24, 2.45) is 0 Å². The molecule has 0 aliphatic carbocycles. The SMILES string of the molecule is CC1Oc2c(cccc2C(=O)NC2CCN(Cc3ccccc3)CC2)NC1=O. The number of piperidine rings is 1. The Morgan fingerprint density at radius 3 is 2.64 bits per heavy atom. The van der Waals surface area contributed by atoms with Crippen LogP contribution in [0.5, 0.6) is 5.75 Å². The van der Waals surface area contributed by atoms with E-state index >= 15 is 0 Å². The molecule has 146 valence electrons. The lowest BCUT2D eigenvalue weighted by Gasteiger charge is -2.32. The summed E-state index contributed by atoms with van der Waals surface area (Å²) in [5, 5.41) is 5.92. The van der Waals surface area contributed by atoms with Gasteiger partial charge in [0.05, 0.1) is 11.3 Å². The maximum absolute atomic E-state index is 12.8. The second-order valence-electron chi connectivity index (χ2n) is 7.44. The number of nitrogens with zero attached hydrogens (tertiary/aromatic N) is 1. The van der Waals surface area contributed by atoms with E-state index in [2.05, 4.69) is 39.8 Å². The Morgan fingerprint density at radius 1 is 1.14 bits per heavy atom. The van der Waals surface area contributed by atoms with Crippen molar-refractivity contribution in [1.82, 2.24) is 10.2 Å². The maximum Gasteiger partial charge on any atom is 0.265 e. The fourth-order valence-corrected chi connectivity index (χ4v) is 3.75. The number of nitrogens with one attached hydrogen (secondary N) is 2. The number of rotatable bonds is 4. The average molecular weight is 379 g/mol. The van der Waals surface area contributed by atoms with E-state index in [1.807, 2.05) is 6.07 Å². The summed E-state index contributed by atoms with van der Waals surface area (Å²) in [5.74, 6) is 0.103. The summed E-state index contributed by atoms with van der Waals surface area (Å²) in [6.45, 7) is 4.53. The van der Waals surface area contributed by atoms with Gasteiger partial charge in [-0.25, -0.2) is 0 Å². The number of carbonyl (C=O) groups is 2. The Labute approximate surface area is 164 Å². The molecule has 0 saturated carbocycles. The number of hydrogen-bond acceptors (Lipinski definition) is 4. The van der Waals surface area contributed by atoms with Gasteiger partial charge in [0.15, 0.2) is 11.9 Å². The topological polar surface area (TPSA) is 70.7 Å². The summed E-state index contributed by atoms with van der Waals surface area (Å²) >= 11 is 0. The van der Waals surface area contributed by atoms with Crippen LogP contribution in [0.2, 0.25) is 0 Å². The van der Waals surface area contributed by atoms with Crippen LogP contribution in [0.3, 0.4) is 0 Å². The fourth-order valence-electron chi connectivity index (χ4n) is 3.75. The van der Waals surface area contributed by atoms with Crippen LogP contribution in [0.4, 0.5) is 5.69 Å². The van der Waals surface area contributed by atoms with Gasteiger partial charge < -0.3 is 15.4 Å². The van der Waals surface area contributed by atoms with Crippen molar-refractivity contribution in [2.45, 2.75) is 38.5 Å². The molecule has 28 heavy (non-hydrogen) atoms. The summed E-state index contributed by atoms with van der Waals surface area (Å²) < 4.78 is 5.69. The van der Waals surface area contributed by atoms with Gasteiger partial charge in [-0.3, -0.25) is 14.5 Å². The van der Waals surface area contributed by atoms with Gasteiger partial charge >= 0.3 is 0 Å². The van der Waals surface area contributed by atoms with Crippen molar-refractivity contribution >= 4 is 17.5 Å². The highest BCUT2D eigenvalue weighted by Crippen LogP contribution is 2.33. The van der Waals surface area contributed by atoms with Gasteiger partial charge in [-0.05, 0) is 37.5 Å². The molecule has 6 heteroatoms. The highest BCUT2D eigenvalue weighted by Gasteiger charge is 2.29. The zero-order chi connectivity index (χ0) is 19.5. The molecule has 0 radical (unpaired) electrons. The zero-order valence-electron chi connectivity index (χ0n) is 16.0. The number of fused-ring (bicyclic) bond motifs is 1. The van der Waals surface area contributed by atoms with Crippen LogP contribution in [0.15, 0.2) is 48.5 Å². The highest BCUT2D eigenvalue weighted by atomic mass is 16.5. The second kappa shape index (κ2) is 8.02. The lowest BCUT2D eigenvalue weighted by atomic mass is 10.0. The Kier molecular flexibility index (Phi) is 5.30. The van der Waals surface area contributed by atoms with Gasteiger partial charge in [0.2, 0.25) is 0 Å². The van der Waals surface area contributed by atoms with Gasteiger partial charge in [-0.15, -0.1) is 0 Å². The van der Waals surface area contributed by atoms with Crippen LogP contribution in [-0.4, -0.2) is 41.9 Å². The predicted octanol–water partition coefficient (Wildman–Crippen LogP) is 2.80. The van der Waals surface area contributed by atoms with E-state index in [4.69, 9.17) is 4.74 Å². The van der Waals surface area contributed by atoms with Crippen LogP contribution in [-0.2, 0) is 11.3 Å². The average Bonchev–Trinajstić information content (AvgIpc) is 2.71. The summed E-state index contributed by atoms with van der Waals surface area (Å²) in [6.07, 6.45) is 1.23. The van der Waals surface area contributed by atoms with Gasteiger partial charge in [0.25, 0.3) is 11.8 Å². The van der Waals surface area contributed by atoms with E-state index in [1.54, 1.807) is 25.1 Å². The molecule has 1 saturated heterocycles. The van der Waals surface area contributed by atoms with Crippen molar-refractivity contribution in [2.75, 3.05) is 18.4 Å². The normalized spacial score (nSPS) is 20.0. The Balaban J connectivity index is 1.35. The molecule has 2 amide bonds. The number of anilines is 1. The van der Waals surface area contributed by atoms with Gasteiger partial charge in [-0.2, -0.15) is 0 Å². The molecule has 4 rings (SSSR count). The van der Waals surface area contributed by atoms with E-state index < -0.39 is 6.10 Å². The first kappa shape index (κ1) is 18.5. The minimum atomic E-state index is -0.609. The molecule has 6 nitrogen and oxygen atoms in total. The van der Waals surface area contributed by atoms with Crippen molar-refractivity contribution in [3.8, 4) is 5.75 Å². The van der Waals surface area contributed by atoms with Crippen LogP contribution < -0.4 is 15.4 Å². The molecular weight excluding hydrogens is 354 g/mol. The number of para-hydroxylation sites is 1. The molecule has 1 atom stereocenters. The van der Waals surface area contributed by atoms with Crippen LogP contribution in [0.25, 0.3) is 0 Å². The minimum Gasteiger partial charge on any atom is -0.478 e. The Hall–Kier alpha value is -2.86. The highest BCUT2D eigenvalue weighted by molar-refractivity contribution is 6.04. The second-order valence-corrected chi connectivity index (χ2v) is 7.44. The first-order valence-corrected chi connectivity index (χ1v) is 9.78. The standard InChI is InChI=1S/C22H25N3O3/c1-15-21(26)24-19-9-5-8-18(20(19)28-15)22(27)23-17-10-12-25(13-11-17)14-16-6-3-2-4-7-16/h2-9,15,17H,10-14H2,1H3,(H,23,27)(H,24,26). The first-order valence-electron chi connectivity index (χ1n) is 9.78. The molecule has 2 aliphatic rings. The summed E-state index contributed by atoms with van der Waals surface area (Å²) in [7, 11) is 0. The van der Waals surface area contributed by atoms with E-state index in [0.29, 0.717) is 17.0 Å². The fraction of sp³-hybridized carbons (Fsp3) is 0.364. The van der Waals surface area contributed by atoms with E-state index in [9.17, 15) is 9.59 Å². The monoisotopic (exact) mass is 379 g/mol. The maximum atomic E-state index is 12.8. The van der Waals surface area contributed by atoms with Crippen molar-refractivity contribution < 1.29 is 14.3 Å². The Morgan fingerprint density at radius 2 is 1.89 bits per heavy atom. The third kappa shape index (κ3) is 4.02. The molecule has 0 bridgehead atoms. The van der Waals surface area contributed by atoms with Crippen molar-refractivity contribution in [1.29, 1.82) is 0 Å². The molecule has 1 fully saturated rings. The molecule has 2 N–H and O–H groups in total. The minimum absolute atomic E-state index is 0.144. The van der Waals surface area contributed by atoms with Crippen molar-refractivity contribution in [3.05, 3.63) is 59.7 Å². The predicted molar refractivity (Wildman–Crippen MR) is 107 cm³/mol. The molecule has 1 unspecified atom stereocenters. The number of hydrogen-bond donors (Lipinski definition) is 2. The van der Waals surface area contributed by atoms with E-state index in [-0.39, 0.29) is 17.9 Å². The summed E-state index contributed by atoms with van der Waals surface area (Å²) in [5.41, 5.74) is 2.33. The van der Waals surface area contributed by atoms with Crippen molar-refractivity contribution in [3.63, 3.8) is 0 Å². The Bertz CT molecular complexity index is 861. The molecule has 2 aliphatic heterocycles. The number of amides is 2. The summed E-state index contributed by atoms with van der Waals surface area (Å²) in [6, 6.07) is 15.8. The molecule has 2 aromatic carbocycles. The third-order valence-corrected chi connectivity index (χ3v) is 5.35. The number of benzene rings is 2. The quantitative estimate of drug-likeness (QED) is 0.857. The molecular formula is C22H25N3O3. The van der Waals surface area contributed by atoms with E-state index in [0.717, 1.165) is 32.5 Å². The largest absolute Gasteiger partial charge is 0.478 e. The van der Waals surface area contributed by atoms with Gasteiger partial charge in [0.1, 0.15) is 0 Å². The zero-order valence-corrected chi connectivity index (χ0v) is 16.0.